The molecule has 2 aromatic rings. The quantitative estimate of drug-likeness (QED) is 0.880. The van der Waals surface area contributed by atoms with Gasteiger partial charge in [-0.15, -0.1) is 0 Å². The first-order valence-electron chi connectivity index (χ1n) is 7.94. The third kappa shape index (κ3) is 3.96. The van der Waals surface area contributed by atoms with Crippen molar-refractivity contribution in [2.45, 2.75) is 25.3 Å². The summed E-state index contributed by atoms with van der Waals surface area (Å²) in [5.74, 6) is -1.97. The molecule has 0 aliphatic carbocycles. The molecule has 25 heavy (non-hydrogen) atoms. The zero-order valence-corrected chi connectivity index (χ0v) is 13.4. The number of hydrogen-bond acceptors (Lipinski definition) is 4. The lowest BCUT2D eigenvalue weighted by Crippen LogP contribution is -2.40. The van der Waals surface area contributed by atoms with Gasteiger partial charge in [-0.2, -0.15) is 0 Å². The first-order valence-corrected chi connectivity index (χ1v) is 7.94. The number of nitrogens with zero attached hydrogens (tertiary/aromatic N) is 3. The largest absolute Gasteiger partial charge is 0.508 e. The number of phenolic OH excluding ortho intramolecular Hbond substituents is 1. The van der Waals surface area contributed by atoms with Crippen molar-refractivity contribution in [1.29, 1.82) is 0 Å². The first-order chi connectivity index (χ1) is 11.9. The molecule has 132 valence electrons. The predicted molar refractivity (Wildman–Crippen MR) is 85.8 cm³/mol. The minimum atomic E-state index is -1.14. The Morgan fingerprint density at radius 3 is 2.80 bits per heavy atom. The molecular formula is C17H18FN3O4. The van der Waals surface area contributed by atoms with Crippen LogP contribution in [-0.4, -0.2) is 49.6 Å². The number of benzene rings is 1. The van der Waals surface area contributed by atoms with E-state index in [1.165, 1.54) is 29.2 Å². The Hall–Kier alpha value is -2.90. The molecular weight excluding hydrogens is 329 g/mol. The van der Waals surface area contributed by atoms with Crippen molar-refractivity contribution >= 4 is 11.9 Å². The SMILES string of the molecule is O=C(O)c1cn(CC(=O)N2CCCC(c3cc(O)cc(F)c3)C2)cn1. The van der Waals surface area contributed by atoms with Gasteiger partial charge >= 0.3 is 5.97 Å². The molecule has 2 heterocycles. The smallest absolute Gasteiger partial charge is 0.356 e. The number of carboxylic acids is 1. The van der Waals surface area contributed by atoms with Gasteiger partial charge in [-0.1, -0.05) is 0 Å². The van der Waals surface area contributed by atoms with Gasteiger partial charge in [0.1, 0.15) is 18.1 Å². The van der Waals surface area contributed by atoms with E-state index in [0.717, 1.165) is 18.9 Å². The lowest BCUT2D eigenvalue weighted by molar-refractivity contribution is -0.133. The maximum Gasteiger partial charge on any atom is 0.356 e. The molecule has 7 nitrogen and oxygen atoms in total. The van der Waals surface area contributed by atoms with Crippen molar-refractivity contribution in [3.8, 4) is 5.75 Å². The Labute approximate surface area is 143 Å². The number of amides is 1. The van der Waals surface area contributed by atoms with Crippen molar-refractivity contribution in [2.75, 3.05) is 13.1 Å². The van der Waals surface area contributed by atoms with Gasteiger partial charge in [0, 0.05) is 31.3 Å². The summed E-state index contributed by atoms with van der Waals surface area (Å²) in [5, 5.41) is 18.4. The molecule has 1 atom stereocenters. The molecule has 1 amide bonds. The van der Waals surface area contributed by atoms with Crippen molar-refractivity contribution in [3.05, 3.63) is 47.8 Å². The summed E-state index contributed by atoms with van der Waals surface area (Å²) >= 11 is 0. The van der Waals surface area contributed by atoms with Crippen LogP contribution in [0.15, 0.2) is 30.7 Å². The molecule has 1 unspecified atom stereocenters. The average Bonchev–Trinajstić information content (AvgIpc) is 3.03. The van der Waals surface area contributed by atoms with Crippen molar-refractivity contribution in [1.82, 2.24) is 14.5 Å². The summed E-state index contributed by atoms with van der Waals surface area (Å²) in [5.41, 5.74) is 0.561. The Kier molecular flexibility index (Phi) is 4.69. The molecule has 0 saturated carbocycles. The molecule has 0 radical (unpaired) electrons. The highest BCUT2D eigenvalue weighted by Gasteiger charge is 2.25. The number of imidazole rings is 1. The number of rotatable bonds is 4. The number of aromatic hydroxyl groups is 1. The molecule has 1 aliphatic heterocycles. The second-order valence-corrected chi connectivity index (χ2v) is 6.16. The number of piperidine rings is 1. The standard InChI is InChI=1S/C17H18FN3O4/c18-13-4-12(5-14(22)6-13)11-2-1-3-21(7-11)16(23)9-20-8-15(17(24)25)19-10-20/h4-6,8,10-11,22H,1-3,7,9H2,(H,24,25). The predicted octanol–water partition coefficient (Wildman–Crippen LogP) is 1.83. The summed E-state index contributed by atoms with van der Waals surface area (Å²) in [6, 6.07) is 3.96. The van der Waals surface area contributed by atoms with E-state index < -0.39 is 11.8 Å². The fourth-order valence-corrected chi connectivity index (χ4v) is 3.12. The highest BCUT2D eigenvalue weighted by molar-refractivity contribution is 5.85. The van der Waals surface area contributed by atoms with Crippen LogP contribution in [0.3, 0.4) is 0 Å². The van der Waals surface area contributed by atoms with E-state index in [2.05, 4.69) is 4.98 Å². The fraction of sp³-hybridized carbons (Fsp3) is 0.353. The highest BCUT2D eigenvalue weighted by atomic mass is 19.1. The molecule has 1 aromatic heterocycles. The fourth-order valence-electron chi connectivity index (χ4n) is 3.12. The summed E-state index contributed by atoms with van der Waals surface area (Å²) < 4.78 is 14.9. The molecule has 2 N–H and O–H groups in total. The maximum atomic E-state index is 13.5. The zero-order valence-electron chi connectivity index (χ0n) is 13.4. The number of likely N-dealkylation sites (tertiary alicyclic amines) is 1. The second-order valence-electron chi connectivity index (χ2n) is 6.16. The summed E-state index contributed by atoms with van der Waals surface area (Å²) in [4.78, 5) is 28.7. The molecule has 1 aliphatic rings. The topological polar surface area (TPSA) is 95.7 Å². The van der Waals surface area contributed by atoms with E-state index in [1.54, 1.807) is 4.90 Å². The Morgan fingerprint density at radius 1 is 1.32 bits per heavy atom. The number of aromatic nitrogens is 2. The summed E-state index contributed by atoms with van der Waals surface area (Å²) in [7, 11) is 0. The van der Waals surface area contributed by atoms with Gasteiger partial charge in [-0.05, 0) is 30.5 Å². The van der Waals surface area contributed by atoms with Gasteiger partial charge in [0.05, 0.1) is 6.33 Å². The summed E-state index contributed by atoms with van der Waals surface area (Å²) in [6.07, 6.45) is 4.21. The van der Waals surface area contributed by atoms with Crippen LogP contribution in [0.1, 0.15) is 34.8 Å². The van der Waals surface area contributed by atoms with Crippen molar-refractivity contribution in [3.63, 3.8) is 0 Å². The van der Waals surface area contributed by atoms with Crippen LogP contribution in [-0.2, 0) is 11.3 Å². The van der Waals surface area contributed by atoms with Crippen molar-refractivity contribution < 1.29 is 24.2 Å². The third-order valence-electron chi connectivity index (χ3n) is 4.32. The zero-order chi connectivity index (χ0) is 18.0. The van der Waals surface area contributed by atoms with Gasteiger partial charge in [0.25, 0.3) is 0 Å². The minimum absolute atomic E-state index is 0.00139. The van der Waals surface area contributed by atoms with E-state index in [0.29, 0.717) is 18.7 Å². The minimum Gasteiger partial charge on any atom is -0.508 e. The lowest BCUT2D eigenvalue weighted by Gasteiger charge is -2.33. The van der Waals surface area contributed by atoms with Crippen LogP contribution in [0, 0.1) is 5.82 Å². The average molecular weight is 347 g/mol. The van der Waals surface area contributed by atoms with Gasteiger partial charge < -0.3 is 19.7 Å². The van der Waals surface area contributed by atoms with Gasteiger partial charge in [0.15, 0.2) is 5.69 Å². The van der Waals surface area contributed by atoms with Crippen LogP contribution in [0.4, 0.5) is 4.39 Å². The Balaban J connectivity index is 1.67. The first kappa shape index (κ1) is 16.9. The van der Waals surface area contributed by atoms with Crippen LogP contribution in [0.2, 0.25) is 0 Å². The molecule has 0 spiro atoms. The Bertz CT molecular complexity index is 785. The molecule has 1 saturated heterocycles. The van der Waals surface area contributed by atoms with Gasteiger partial charge in [-0.3, -0.25) is 4.79 Å². The number of aromatic carboxylic acids is 1. The van der Waals surface area contributed by atoms with Gasteiger partial charge in [-0.25, -0.2) is 14.2 Å². The maximum absolute atomic E-state index is 13.5. The van der Waals surface area contributed by atoms with Gasteiger partial charge in [0.2, 0.25) is 5.91 Å². The van der Waals surface area contributed by atoms with E-state index >= 15 is 0 Å². The normalized spacial score (nSPS) is 17.5. The van der Waals surface area contributed by atoms with E-state index in [4.69, 9.17) is 5.11 Å². The van der Waals surface area contributed by atoms with E-state index in [1.807, 2.05) is 0 Å². The number of carbonyl (C=O) groups is 2. The number of hydrogen-bond donors (Lipinski definition) is 2. The Morgan fingerprint density at radius 2 is 2.12 bits per heavy atom. The van der Waals surface area contributed by atoms with Crippen molar-refractivity contribution in [2.24, 2.45) is 0 Å². The van der Waals surface area contributed by atoms with Crippen LogP contribution in [0.5, 0.6) is 5.75 Å². The third-order valence-corrected chi connectivity index (χ3v) is 4.32. The molecule has 1 fully saturated rings. The van der Waals surface area contributed by atoms with Crippen LogP contribution >= 0.6 is 0 Å². The highest BCUT2D eigenvalue weighted by Crippen LogP contribution is 2.29. The van der Waals surface area contributed by atoms with E-state index in [9.17, 15) is 19.1 Å². The van der Waals surface area contributed by atoms with E-state index in [-0.39, 0.29) is 29.8 Å². The molecule has 8 heteroatoms. The number of phenols is 1. The van der Waals surface area contributed by atoms with Crippen LogP contribution < -0.4 is 0 Å². The second kappa shape index (κ2) is 6.92. The summed E-state index contributed by atoms with van der Waals surface area (Å²) in [6.45, 7) is 1.03. The number of carbonyl (C=O) groups excluding carboxylic acids is 1. The molecule has 3 rings (SSSR count). The lowest BCUT2D eigenvalue weighted by atomic mass is 9.90. The monoisotopic (exact) mass is 347 g/mol. The number of halogens is 1. The molecule has 1 aromatic carbocycles. The van der Waals surface area contributed by atoms with Crippen LogP contribution in [0.25, 0.3) is 0 Å². The molecule has 0 bridgehead atoms. The number of carboxylic acid groups (broad SMARTS) is 1.